The van der Waals surface area contributed by atoms with Gasteiger partial charge in [-0.15, -0.1) is 0 Å². The molecule has 2 aromatic rings. The first-order valence-electron chi connectivity index (χ1n) is 9.32. The standard InChI is InChI=1S/C22H29N3O/c1-23-21(24-15-18-8-6-9-19(14-18)16-26-2)25-17-22(12-7-13-22)20-10-4-3-5-11-20/h3-6,8-11,14H,7,12-13,15-17H2,1-2H3,(H2,23,24,25). The van der Waals surface area contributed by atoms with Crippen molar-refractivity contribution in [3.05, 3.63) is 71.3 Å². The van der Waals surface area contributed by atoms with E-state index in [4.69, 9.17) is 4.74 Å². The third-order valence-corrected chi connectivity index (χ3v) is 5.28. The van der Waals surface area contributed by atoms with Crippen LogP contribution in [0.3, 0.4) is 0 Å². The van der Waals surface area contributed by atoms with Crippen LogP contribution in [0.1, 0.15) is 36.0 Å². The highest BCUT2D eigenvalue weighted by Gasteiger charge is 2.38. The average Bonchev–Trinajstić information content (AvgIpc) is 2.65. The minimum Gasteiger partial charge on any atom is -0.380 e. The van der Waals surface area contributed by atoms with Crippen LogP contribution in [0.5, 0.6) is 0 Å². The highest BCUT2D eigenvalue weighted by Crippen LogP contribution is 2.43. The molecule has 1 aliphatic rings. The average molecular weight is 351 g/mol. The molecular formula is C22H29N3O. The van der Waals surface area contributed by atoms with Crippen molar-refractivity contribution in [3.63, 3.8) is 0 Å². The predicted octanol–water partition coefficient (Wildman–Crippen LogP) is 3.62. The predicted molar refractivity (Wildman–Crippen MR) is 107 cm³/mol. The van der Waals surface area contributed by atoms with E-state index < -0.39 is 0 Å². The van der Waals surface area contributed by atoms with Crippen molar-refractivity contribution < 1.29 is 4.74 Å². The van der Waals surface area contributed by atoms with Crippen molar-refractivity contribution in [1.82, 2.24) is 10.6 Å². The Kier molecular flexibility index (Phi) is 6.29. The van der Waals surface area contributed by atoms with Crippen LogP contribution in [-0.4, -0.2) is 26.7 Å². The number of hydrogen-bond donors (Lipinski definition) is 2. The summed E-state index contributed by atoms with van der Waals surface area (Å²) in [5.74, 6) is 0.851. The van der Waals surface area contributed by atoms with Crippen LogP contribution in [0.4, 0.5) is 0 Å². The third-order valence-electron chi connectivity index (χ3n) is 5.28. The number of aliphatic imine (C=N–C) groups is 1. The first-order chi connectivity index (χ1) is 12.8. The van der Waals surface area contributed by atoms with E-state index in [1.807, 2.05) is 7.05 Å². The number of ether oxygens (including phenoxy) is 1. The second kappa shape index (κ2) is 8.86. The van der Waals surface area contributed by atoms with Gasteiger partial charge < -0.3 is 15.4 Å². The Bertz CT molecular complexity index is 723. The Morgan fingerprint density at radius 2 is 1.81 bits per heavy atom. The van der Waals surface area contributed by atoms with Crippen molar-refractivity contribution >= 4 is 5.96 Å². The fourth-order valence-corrected chi connectivity index (χ4v) is 3.62. The fraction of sp³-hybridized carbons (Fsp3) is 0.409. The quantitative estimate of drug-likeness (QED) is 0.592. The largest absolute Gasteiger partial charge is 0.380 e. The van der Waals surface area contributed by atoms with Gasteiger partial charge in [0.15, 0.2) is 5.96 Å². The zero-order chi connectivity index (χ0) is 18.2. The van der Waals surface area contributed by atoms with Gasteiger partial charge in [0.25, 0.3) is 0 Å². The Hall–Kier alpha value is -2.33. The molecule has 0 saturated heterocycles. The molecule has 0 bridgehead atoms. The van der Waals surface area contributed by atoms with Gasteiger partial charge in [-0.2, -0.15) is 0 Å². The molecule has 138 valence electrons. The second-order valence-corrected chi connectivity index (χ2v) is 7.03. The lowest BCUT2D eigenvalue weighted by molar-refractivity contribution is 0.185. The van der Waals surface area contributed by atoms with Gasteiger partial charge in [0.2, 0.25) is 0 Å². The summed E-state index contributed by atoms with van der Waals surface area (Å²) in [7, 11) is 3.55. The minimum atomic E-state index is 0.247. The number of benzene rings is 2. The molecular weight excluding hydrogens is 322 g/mol. The molecule has 0 unspecified atom stereocenters. The van der Waals surface area contributed by atoms with Crippen molar-refractivity contribution in [2.24, 2.45) is 4.99 Å². The molecule has 2 N–H and O–H groups in total. The molecule has 0 atom stereocenters. The Balaban J connectivity index is 1.56. The number of guanidine groups is 1. The molecule has 1 fully saturated rings. The summed E-state index contributed by atoms with van der Waals surface area (Å²) in [6.45, 7) is 2.30. The number of nitrogens with one attached hydrogen (secondary N) is 2. The first kappa shape index (κ1) is 18.5. The highest BCUT2D eigenvalue weighted by molar-refractivity contribution is 5.79. The van der Waals surface area contributed by atoms with Crippen LogP contribution in [-0.2, 0) is 23.3 Å². The van der Waals surface area contributed by atoms with Gasteiger partial charge in [-0.3, -0.25) is 4.99 Å². The second-order valence-electron chi connectivity index (χ2n) is 7.03. The number of rotatable bonds is 7. The molecule has 1 aliphatic carbocycles. The molecule has 0 heterocycles. The van der Waals surface area contributed by atoms with Gasteiger partial charge in [-0.1, -0.05) is 61.0 Å². The summed E-state index contributed by atoms with van der Waals surface area (Å²) >= 11 is 0. The van der Waals surface area contributed by atoms with Crippen LogP contribution in [0, 0.1) is 0 Å². The van der Waals surface area contributed by atoms with Crippen molar-refractivity contribution in [2.75, 3.05) is 20.7 Å². The molecule has 4 heteroatoms. The number of hydrogen-bond acceptors (Lipinski definition) is 2. The fourth-order valence-electron chi connectivity index (χ4n) is 3.62. The molecule has 0 amide bonds. The zero-order valence-electron chi connectivity index (χ0n) is 15.8. The molecule has 0 radical (unpaired) electrons. The number of nitrogens with zero attached hydrogens (tertiary/aromatic N) is 1. The normalized spacial score (nSPS) is 16.0. The lowest BCUT2D eigenvalue weighted by atomic mass is 9.64. The van der Waals surface area contributed by atoms with E-state index in [1.54, 1.807) is 7.11 Å². The molecule has 2 aromatic carbocycles. The molecule has 0 aliphatic heterocycles. The maximum atomic E-state index is 5.21. The Morgan fingerprint density at radius 1 is 1.04 bits per heavy atom. The van der Waals surface area contributed by atoms with Crippen molar-refractivity contribution in [2.45, 2.75) is 37.8 Å². The van der Waals surface area contributed by atoms with Gasteiger partial charge in [-0.25, -0.2) is 0 Å². The van der Waals surface area contributed by atoms with Crippen LogP contribution in [0.2, 0.25) is 0 Å². The van der Waals surface area contributed by atoms with Crippen molar-refractivity contribution in [3.8, 4) is 0 Å². The van der Waals surface area contributed by atoms with E-state index in [2.05, 4.69) is 70.2 Å². The van der Waals surface area contributed by atoms with Crippen LogP contribution >= 0.6 is 0 Å². The monoisotopic (exact) mass is 351 g/mol. The van der Waals surface area contributed by atoms with Gasteiger partial charge in [0.05, 0.1) is 6.61 Å². The summed E-state index contributed by atoms with van der Waals surface area (Å²) in [5.41, 5.74) is 4.09. The van der Waals surface area contributed by atoms with Gasteiger partial charge in [0, 0.05) is 32.7 Å². The lowest BCUT2D eigenvalue weighted by Gasteiger charge is -2.43. The first-order valence-corrected chi connectivity index (χ1v) is 9.32. The van der Waals surface area contributed by atoms with E-state index in [0.717, 1.165) is 19.0 Å². The maximum Gasteiger partial charge on any atom is 0.191 e. The molecule has 4 nitrogen and oxygen atoms in total. The van der Waals surface area contributed by atoms with Crippen LogP contribution in [0.25, 0.3) is 0 Å². The van der Waals surface area contributed by atoms with E-state index in [1.165, 1.54) is 36.0 Å². The topological polar surface area (TPSA) is 45.7 Å². The van der Waals surface area contributed by atoms with E-state index in [0.29, 0.717) is 6.61 Å². The van der Waals surface area contributed by atoms with Gasteiger partial charge in [0.1, 0.15) is 0 Å². The molecule has 0 aromatic heterocycles. The Morgan fingerprint density at radius 3 is 2.46 bits per heavy atom. The zero-order valence-corrected chi connectivity index (χ0v) is 15.8. The summed E-state index contributed by atoms with van der Waals surface area (Å²) in [6.07, 6.45) is 3.77. The summed E-state index contributed by atoms with van der Waals surface area (Å²) in [5, 5.41) is 6.96. The maximum absolute atomic E-state index is 5.21. The molecule has 0 spiro atoms. The summed E-state index contributed by atoms with van der Waals surface area (Å²) < 4.78 is 5.21. The molecule has 3 rings (SSSR count). The lowest BCUT2D eigenvalue weighted by Crippen LogP contribution is -2.48. The summed E-state index contributed by atoms with van der Waals surface area (Å²) in [4.78, 5) is 4.39. The SMILES string of the molecule is CN=C(NCc1cccc(COC)c1)NCC1(c2ccccc2)CCC1. The van der Waals surface area contributed by atoms with Crippen LogP contribution < -0.4 is 10.6 Å². The van der Waals surface area contributed by atoms with E-state index >= 15 is 0 Å². The third kappa shape index (κ3) is 4.44. The summed E-state index contributed by atoms with van der Waals surface area (Å²) in [6, 6.07) is 19.3. The number of methoxy groups -OCH3 is 1. The smallest absolute Gasteiger partial charge is 0.191 e. The van der Waals surface area contributed by atoms with E-state index in [-0.39, 0.29) is 5.41 Å². The van der Waals surface area contributed by atoms with Gasteiger partial charge >= 0.3 is 0 Å². The minimum absolute atomic E-state index is 0.247. The Labute approximate surface area is 156 Å². The highest BCUT2D eigenvalue weighted by atomic mass is 16.5. The van der Waals surface area contributed by atoms with Crippen molar-refractivity contribution in [1.29, 1.82) is 0 Å². The van der Waals surface area contributed by atoms with Crippen LogP contribution in [0.15, 0.2) is 59.6 Å². The molecule has 26 heavy (non-hydrogen) atoms. The van der Waals surface area contributed by atoms with Gasteiger partial charge in [-0.05, 0) is 29.5 Å². The molecule has 1 saturated carbocycles. The van der Waals surface area contributed by atoms with E-state index in [9.17, 15) is 0 Å².